The van der Waals surface area contributed by atoms with Gasteiger partial charge in [0.15, 0.2) is 0 Å². The van der Waals surface area contributed by atoms with E-state index >= 15 is 0 Å². The van der Waals surface area contributed by atoms with Crippen LogP contribution in [0.5, 0.6) is 0 Å². The van der Waals surface area contributed by atoms with Crippen molar-refractivity contribution >= 4 is 12.4 Å². The van der Waals surface area contributed by atoms with Gasteiger partial charge in [-0.2, -0.15) is 0 Å². The van der Waals surface area contributed by atoms with Crippen LogP contribution in [0.15, 0.2) is 48.8 Å². The Morgan fingerprint density at radius 1 is 1.08 bits per heavy atom. The average molecular weight is 375 g/mol. The van der Waals surface area contributed by atoms with E-state index in [1.54, 1.807) is 0 Å². The van der Waals surface area contributed by atoms with Crippen LogP contribution in [0, 0.1) is 0 Å². The van der Waals surface area contributed by atoms with Crippen molar-refractivity contribution in [2.45, 2.75) is 50.6 Å². The summed E-state index contributed by atoms with van der Waals surface area (Å²) >= 11 is 0. The van der Waals surface area contributed by atoms with Gasteiger partial charge in [0.1, 0.15) is 11.5 Å². The smallest absolute Gasteiger partial charge is 0.109 e. The summed E-state index contributed by atoms with van der Waals surface area (Å²) in [4.78, 5) is 12.4. The van der Waals surface area contributed by atoms with Crippen LogP contribution in [0.2, 0.25) is 0 Å². The van der Waals surface area contributed by atoms with Gasteiger partial charge in [0, 0.05) is 24.2 Å². The van der Waals surface area contributed by atoms with E-state index in [4.69, 9.17) is 0 Å². The summed E-state index contributed by atoms with van der Waals surface area (Å²) in [7, 11) is 0. The standard InChI is InChI=1S/C20H24N4.ClH.H2O/c1-14-11-16(20-22-13-19-18(24-20)9-10-21-19)12-17(23-14)8-7-15-5-3-2-4-6-15;;/h2-6,9-10,13-14,16-17,23H,7-8,11-12H2,1H3,(H,22,24);1H;1H2. The number of nitrogens with one attached hydrogen (secondary N) is 2. The molecule has 4 N–H and O–H groups in total. The number of H-pyrrole nitrogens is 1. The first-order valence-electron chi connectivity index (χ1n) is 8.87. The van der Waals surface area contributed by atoms with E-state index in [0.717, 1.165) is 36.5 Å². The summed E-state index contributed by atoms with van der Waals surface area (Å²) in [5.74, 6) is 1.59. The molecule has 3 unspecified atom stereocenters. The lowest BCUT2D eigenvalue weighted by Crippen LogP contribution is -2.43. The zero-order valence-corrected chi connectivity index (χ0v) is 15.8. The number of aromatic amines is 1. The minimum absolute atomic E-state index is 0. The number of hydrogen-bond donors (Lipinski definition) is 2. The Bertz CT molecular complexity index is 763. The van der Waals surface area contributed by atoms with Crippen molar-refractivity contribution in [3.63, 3.8) is 0 Å². The minimum Gasteiger partial charge on any atom is -0.412 e. The number of hydrogen-bond acceptors (Lipinski definition) is 3. The monoisotopic (exact) mass is 374 g/mol. The molecule has 26 heavy (non-hydrogen) atoms. The minimum atomic E-state index is 0. The fourth-order valence-electron chi connectivity index (χ4n) is 3.88. The van der Waals surface area contributed by atoms with Crippen molar-refractivity contribution in [1.82, 2.24) is 20.3 Å². The van der Waals surface area contributed by atoms with E-state index in [1.165, 1.54) is 12.0 Å². The molecule has 1 saturated heterocycles. The Morgan fingerprint density at radius 3 is 2.69 bits per heavy atom. The van der Waals surface area contributed by atoms with Gasteiger partial charge in [-0.15, -0.1) is 12.4 Å². The average Bonchev–Trinajstić information content (AvgIpc) is 3.08. The van der Waals surface area contributed by atoms with E-state index in [1.807, 2.05) is 18.5 Å². The van der Waals surface area contributed by atoms with Crippen LogP contribution in [0.4, 0.5) is 0 Å². The quantitative estimate of drug-likeness (QED) is 0.734. The van der Waals surface area contributed by atoms with E-state index < -0.39 is 0 Å². The second-order valence-corrected chi connectivity index (χ2v) is 6.97. The Balaban J connectivity index is 0.00000121. The van der Waals surface area contributed by atoms with E-state index in [9.17, 15) is 0 Å². The first-order valence-corrected chi connectivity index (χ1v) is 8.87. The molecule has 1 aromatic rings. The van der Waals surface area contributed by atoms with Gasteiger partial charge in [0.25, 0.3) is 0 Å². The van der Waals surface area contributed by atoms with Crippen LogP contribution in [0.25, 0.3) is 11.4 Å². The molecule has 0 aromatic heterocycles. The van der Waals surface area contributed by atoms with Crippen LogP contribution in [0.1, 0.15) is 43.5 Å². The third-order valence-electron chi connectivity index (χ3n) is 5.06. The second kappa shape index (κ2) is 9.12. The molecule has 3 aliphatic rings. The zero-order valence-electron chi connectivity index (χ0n) is 15.0. The highest BCUT2D eigenvalue weighted by Gasteiger charge is 2.28. The number of aryl methyl sites for hydroxylation is 1. The molecule has 4 rings (SSSR count). The predicted molar refractivity (Wildman–Crippen MR) is 107 cm³/mol. The van der Waals surface area contributed by atoms with Crippen LogP contribution in [0.3, 0.4) is 0 Å². The topological polar surface area (TPSA) is 85.1 Å². The first kappa shape index (κ1) is 20.4. The van der Waals surface area contributed by atoms with Gasteiger partial charge in [-0.05, 0) is 44.2 Å². The highest BCUT2D eigenvalue weighted by Crippen LogP contribution is 2.31. The second-order valence-electron chi connectivity index (χ2n) is 6.97. The molecule has 3 aliphatic heterocycles. The van der Waals surface area contributed by atoms with E-state index in [2.05, 4.69) is 57.5 Å². The lowest BCUT2D eigenvalue weighted by Gasteiger charge is -2.34. The van der Waals surface area contributed by atoms with Crippen LogP contribution < -0.4 is 5.32 Å². The highest BCUT2D eigenvalue weighted by atomic mass is 35.5. The molecule has 3 heterocycles. The van der Waals surface area contributed by atoms with Gasteiger partial charge >= 0.3 is 0 Å². The molecule has 6 heteroatoms. The van der Waals surface area contributed by atoms with E-state index in [-0.39, 0.29) is 17.9 Å². The number of aromatic nitrogens is 3. The van der Waals surface area contributed by atoms with Gasteiger partial charge < -0.3 is 15.8 Å². The molecular weight excluding hydrogens is 348 g/mol. The van der Waals surface area contributed by atoms with Gasteiger partial charge in [-0.1, -0.05) is 30.3 Å². The normalized spacial score (nSPS) is 22.4. The SMILES string of the molecule is CC1CC(c2ncc3nccc-3[nH]2)CC(CCc2ccccc2)N1.Cl.O. The highest BCUT2D eigenvalue weighted by molar-refractivity contribution is 5.85. The number of nitrogens with zero attached hydrogens (tertiary/aromatic N) is 2. The van der Waals surface area contributed by atoms with Crippen LogP contribution >= 0.6 is 12.4 Å². The summed E-state index contributed by atoms with van der Waals surface area (Å²) in [6, 6.07) is 13.9. The summed E-state index contributed by atoms with van der Waals surface area (Å²) in [5, 5.41) is 3.76. The Hall–Kier alpha value is -1.95. The van der Waals surface area contributed by atoms with E-state index in [0.29, 0.717) is 18.0 Å². The maximum atomic E-state index is 4.64. The first-order chi connectivity index (χ1) is 11.8. The Morgan fingerprint density at radius 2 is 1.88 bits per heavy atom. The number of halogens is 1. The number of fused-ring (bicyclic) bond motifs is 1. The van der Waals surface area contributed by atoms with Gasteiger partial charge in [0.05, 0.1) is 11.9 Å². The van der Waals surface area contributed by atoms with Gasteiger partial charge in [-0.25, -0.2) is 4.98 Å². The third kappa shape index (κ3) is 4.61. The molecule has 0 saturated carbocycles. The molecule has 0 aliphatic carbocycles. The molecule has 1 aromatic carbocycles. The predicted octanol–water partition coefficient (Wildman–Crippen LogP) is 3.36. The summed E-state index contributed by atoms with van der Waals surface area (Å²) in [6.07, 6.45) is 8.30. The summed E-state index contributed by atoms with van der Waals surface area (Å²) in [6.45, 7) is 2.28. The van der Waals surface area contributed by atoms with Crippen molar-refractivity contribution in [3.05, 3.63) is 60.2 Å². The Kier molecular flexibility index (Phi) is 7.14. The molecule has 0 spiro atoms. The third-order valence-corrected chi connectivity index (χ3v) is 5.06. The van der Waals surface area contributed by atoms with Crippen molar-refractivity contribution in [2.75, 3.05) is 0 Å². The largest absolute Gasteiger partial charge is 0.412 e. The number of piperidine rings is 1. The van der Waals surface area contributed by atoms with Crippen LogP contribution in [-0.4, -0.2) is 32.5 Å². The molecule has 3 atom stereocenters. The van der Waals surface area contributed by atoms with Crippen molar-refractivity contribution in [3.8, 4) is 11.4 Å². The summed E-state index contributed by atoms with van der Waals surface area (Å²) in [5.41, 5.74) is 3.46. The molecule has 0 amide bonds. The maximum Gasteiger partial charge on any atom is 0.109 e. The lowest BCUT2D eigenvalue weighted by atomic mass is 9.85. The molecule has 0 bridgehead atoms. The molecule has 5 nitrogen and oxygen atoms in total. The number of rotatable bonds is 4. The summed E-state index contributed by atoms with van der Waals surface area (Å²) < 4.78 is 0. The van der Waals surface area contributed by atoms with Gasteiger partial charge in [0.2, 0.25) is 0 Å². The van der Waals surface area contributed by atoms with Crippen molar-refractivity contribution < 1.29 is 5.48 Å². The molecular formula is C20H27ClN4O. The van der Waals surface area contributed by atoms with Crippen molar-refractivity contribution in [2.24, 2.45) is 0 Å². The van der Waals surface area contributed by atoms with Gasteiger partial charge in [-0.3, -0.25) is 4.98 Å². The molecule has 1 fully saturated rings. The fourth-order valence-corrected chi connectivity index (χ4v) is 3.88. The maximum absolute atomic E-state index is 4.64. The lowest BCUT2D eigenvalue weighted by molar-refractivity contribution is 0.285. The van der Waals surface area contributed by atoms with Crippen LogP contribution in [-0.2, 0) is 6.42 Å². The number of benzene rings is 1. The van der Waals surface area contributed by atoms with Crippen molar-refractivity contribution in [1.29, 1.82) is 0 Å². The molecule has 0 radical (unpaired) electrons. The zero-order chi connectivity index (χ0) is 16.4. The Labute approximate surface area is 160 Å². The fraction of sp³-hybridized carbons (Fsp3) is 0.400. The molecule has 140 valence electrons.